The zero-order chi connectivity index (χ0) is 15.3. The molecule has 6 nitrogen and oxygen atoms in total. The second kappa shape index (κ2) is 6.65. The van der Waals surface area contributed by atoms with Crippen molar-refractivity contribution in [1.82, 2.24) is 0 Å². The van der Waals surface area contributed by atoms with E-state index in [0.29, 0.717) is 25.6 Å². The molecule has 7 heteroatoms. The summed E-state index contributed by atoms with van der Waals surface area (Å²) in [5.74, 6) is -2.29. The summed E-state index contributed by atoms with van der Waals surface area (Å²) in [4.78, 5) is 22.5. The van der Waals surface area contributed by atoms with Gasteiger partial charge >= 0.3 is 5.97 Å². The molecule has 0 saturated heterocycles. The Morgan fingerprint density at radius 2 is 2.25 bits per heavy atom. The number of rotatable bonds is 7. The predicted molar refractivity (Wildman–Crippen MR) is 72.7 cm³/mol. The molecule has 0 saturated carbocycles. The van der Waals surface area contributed by atoms with Gasteiger partial charge < -0.3 is 10.0 Å². The maximum Gasteiger partial charge on any atom is 0.342 e. The lowest BCUT2D eigenvalue weighted by molar-refractivity contribution is -0.385. The van der Waals surface area contributed by atoms with Gasteiger partial charge in [-0.2, -0.15) is 0 Å². The van der Waals surface area contributed by atoms with E-state index < -0.39 is 28.0 Å². The van der Waals surface area contributed by atoms with Crippen molar-refractivity contribution < 1.29 is 19.2 Å². The van der Waals surface area contributed by atoms with Gasteiger partial charge in [-0.1, -0.05) is 13.0 Å². The first-order valence-electron chi connectivity index (χ1n) is 5.99. The summed E-state index contributed by atoms with van der Waals surface area (Å²) in [7, 11) is 0. The molecule has 1 N–H and O–H groups in total. The molecule has 0 amide bonds. The van der Waals surface area contributed by atoms with Crippen LogP contribution in [0, 0.1) is 15.9 Å². The molecule has 1 aromatic rings. The van der Waals surface area contributed by atoms with Gasteiger partial charge in [0, 0.05) is 13.1 Å². The maximum absolute atomic E-state index is 14.0. The summed E-state index contributed by atoms with van der Waals surface area (Å²) in [6.07, 6.45) is 2.27. The average molecular weight is 282 g/mol. The summed E-state index contributed by atoms with van der Waals surface area (Å²) in [5.41, 5.74) is -1.26. The number of carboxylic acid groups (broad SMARTS) is 1. The zero-order valence-corrected chi connectivity index (χ0v) is 11.0. The number of nitrogens with zero attached hydrogens (tertiary/aromatic N) is 2. The molecule has 0 aliphatic rings. The highest BCUT2D eigenvalue weighted by atomic mass is 19.1. The molecule has 0 aliphatic carbocycles. The van der Waals surface area contributed by atoms with Crippen LogP contribution >= 0.6 is 0 Å². The third kappa shape index (κ3) is 3.31. The Balaban J connectivity index is 3.40. The van der Waals surface area contributed by atoms with Crippen molar-refractivity contribution in [2.45, 2.75) is 13.3 Å². The van der Waals surface area contributed by atoms with Gasteiger partial charge in [-0.3, -0.25) is 10.1 Å². The van der Waals surface area contributed by atoms with E-state index in [1.807, 2.05) is 6.92 Å². The van der Waals surface area contributed by atoms with Crippen LogP contribution in [0.15, 0.2) is 24.8 Å². The fraction of sp³-hybridized carbons (Fsp3) is 0.308. The van der Waals surface area contributed by atoms with Gasteiger partial charge in [-0.05, 0) is 12.5 Å². The average Bonchev–Trinajstić information content (AvgIpc) is 2.37. The summed E-state index contributed by atoms with van der Waals surface area (Å²) in [6.45, 7) is 6.25. The van der Waals surface area contributed by atoms with Crippen LogP contribution in [0.1, 0.15) is 23.7 Å². The zero-order valence-electron chi connectivity index (χ0n) is 11.0. The highest BCUT2D eigenvalue weighted by Crippen LogP contribution is 2.28. The number of benzene rings is 1. The SMILES string of the molecule is C=CCN(CCC)c1cc(C(=O)O)c([N+](=O)[O-])cc1F. The lowest BCUT2D eigenvalue weighted by Crippen LogP contribution is -2.25. The van der Waals surface area contributed by atoms with Crippen LogP contribution in [0.5, 0.6) is 0 Å². The first kappa shape index (κ1) is 15.6. The summed E-state index contributed by atoms with van der Waals surface area (Å²) < 4.78 is 14.0. The number of carboxylic acids is 1. The lowest BCUT2D eigenvalue weighted by atomic mass is 10.1. The summed E-state index contributed by atoms with van der Waals surface area (Å²) in [6, 6.07) is 1.64. The third-order valence-corrected chi connectivity index (χ3v) is 2.68. The highest BCUT2D eigenvalue weighted by Gasteiger charge is 2.24. The number of hydrogen-bond donors (Lipinski definition) is 1. The Morgan fingerprint density at radius 3 is 2.70 bits per heavy atom. The van der Waals surface area contributed by atoms with Gasteiger partial charge in [0.2, 0.25) is 0 Å². The Labute approximate surface area is 115 Å². The maximum atomic E-state index is 14.0. The fourth-order valence-corrected chi connectivity index (χ4v) is 1.85. The lowest BCUT2D eigenvalue weighted by Gasteiger charge is -2.23. The number of nitro benzene ring substituents is 1. The van der Waals surface area contributed by atoms with Gasteiger partial charge in [-0.15, -0.1) is 6.58 Å². The predicted octanol–water partition coefficient (Wildman–Crippen LogP) is 2.83. The van der Waals surface area contributed by atoms with E-state index in [-0.39, 0.29) is 5.69 Å². The molecular weight excluding hydrogens is 267 g/mol. The van der Waals surface area contributed by atoms with Crippen molar-refractivity contribution in [3.8, 4) is 0 Å². The van der Waals surface area contributed by atoms with Crippen LogP contribution in [-0.4, -0.2) is 29.1 Å². The molecule has 20 heavy (non-hydrogen) atoms. The number of aromatic carboxylic acids is 1. The molecule has 0 bridgehead atoms. The first-order chi connectivity index (χ1) is 9.42. The second-order valence-electron chi connectivity index (χ2n) is 4.12. The van der Waals surface area contributed by atoms with Gasteiger partial charge in [0.15, 0.2) is 5.82 Å². The van der Waals surface area contributed by atoms with Crippen LogP contribution in [0.4, 0.5) is 15.8 Å². The monoisotopic (exact) mass is 282 g/mol. The molecule has 0 unspecified atom stereocenters. The van der Waals surface area contributed by atoms with Crippen molar-refractivity contribution in [3.63, 3.8) is 0 Å². The smallest absolute Gasteiger partial charge is 0.342 e. The second-order valence-corrected chi connectivity index (χ2v) is 4.12. The molecule has 0 fully saturated rings. The Morgan fingerprint density at radius 1 is 1.60 bits per heavy atom. The van der Waals surface area contributed by atoms with Crippen molar-refractivity contribution in [2.24, 2.45) is 0 Å². The minimum Gasteiger partial charge on any atom is -0.477 e. The Hall–Kier alpha value is -2.44. The topological polar surface area (TPSA) is 83.7 Å². The van der Waals surface area contributed by atoms with E-state index in [4.69, 9.17) is 5.11 Å². The van der Waals surface area contributed by atoms with Gasteiger partial charge in [0.25, 0.3) is 5.69 Å². The summed E-state index contributed by atoms with van der Waals surface area (Å²) >= 11 is 0. The molecule has 0 aromatic heterocycles. The van der Waals surface area contributed by atoms with Crippen molar-refractivity contribution >= 4 is 17.3 Å². The molecule has 1 rings (SSSR count). The van der Waals surface area contributed by atoms with E-state index in [0.717, 1.165) is 6.07 Å². The molecule has 0 spiro atoms. The minimum atomic E-state index is -1.46. The van der Waals surface area contributed by atoms with Crippen LogP contribution < -0.4 is 4.90 Å². The molecule has 0 radical (unpaired) electrons. The Bertz CT molecular complexity index is 545. The molecule has 0 atom stereocenters. The number of nitro groups is 1. The van der Waals surface area contributed by atoms with Gasteiger partial charge in [-0.25, -0.2) is 9.18 Å². The van der Waals surface area contributed by atoms with Crippen LogP contribution in [0.2, 0.25) is 0 Å². The highest BCUT2D eigenvalue weighted by molar-refractivity contribution is 5.93. The van der Waals surface area contributed by atoms with E-state index >= 15 is 0 Å². The van der Waals surface area contributed by atoms with Crippen molar-refractivity contribution in [1.29, 1.82) is 0 Å². The van der Waals surface area contributed by atoms with Crippen LogP contribution in [-0.2, 0) is 0 Å². The summed E-state index contributed by atoms with van der Waals surface area (Å²) in [5, 5.41) is 19.8. The number of carbonyl (C=O) groups is 1. The molecule has 0 heterocycles. The van der Waals surface area contributed by atoms with Gasteiger partial charge in [0.05, 0.1) is 16.7 Å². The molecule has 108 valence electrons. The van der Waals surface area contributed by atoms with E-state index in [2.05, 4.69) is 6.58 Å². The molecule has 0 aliphatic heterocycles. The number of halogens is 1. The Kier molecular flexibility index (Phi) is 5.19. The molecular formula is C13H15FN2O4. The first-order valence-corrected chi connectivity index (χ1v) is 5.99. The van der Waals surface area contributed by atoms with Crippen LogP contribution in [0.3, 0.4) is 0 Å². The van der Waals surface area contributed by atoms with Crippen molar-refractivity contribution in [3.05, 3.63) is 46.3 Å². The normalized spacial score (nSPS) is 10.1. The third-order valence-electron chi connectivity index (χ3n) is 2.68. The number of anilines is 1. The van der Waals surface area contributed by atoms with Gasteiger partial charge in [0.1, 0.15) is 5.56 Å². The largest absolute Gasteiger partial charge is 0.477 e. The van der Waals surface area contributed by atoms with Crippen molar-refractivity contribution in [2.75, 3.05) is 18.0 Å². The van der Waals surface area contributed by atoms with Crippen LogP contribution in [0.25, 0.3) is 0 Å². The van der Waals surface area contributed by atoms with E-state index in [9.17, 15) is 19.3 Å². The van der Waals surface area contributed by atoms with E-state index in [1.165, 1.54) is 0 Å². The fourth-order valence-electron chi connectivity index (χ4n) is 1.85. The minimum absolute atomic E-state index is 0.0229. The molecule has 1 aromatic carbocycles. The van der Waals surface area contributed by atoms with E-state index in [1.54, 1.807) is 11.0 Å². The standard InChI is InChI=1S/C13H15FN2O4/c1-3-5-15(6-4-2)12-7-9(13(17)18)11(16(19)20)8-10(12)14/h3,7-8H,1,4-6H2,2H3,(H,17,18). The quantitative estimate of drug-likeness (QED) is 0.472. The number of hydrogen-bond acceptors (Lipinski definition) is 4.